The molecule has 3 heteroatoms. The van der Waals surface area contributed by atoms with E-state index in [1.807, 2.05) is 18.4 Å². The predicted molar refractivity (Wildman–Crippen MR) is 64.3 cm³/mol. The van der Waals surface area contributed by atoms with Gasteiger partial charge >= 0.3 is 0 Å². The molecule has 0 aromatic heterocycles. The lowest BCUT2D eigenvalue weighted by molar-refractivity contribution is 1.41. The molecule has 0 saturated heterocycles. The Bertz CT molecular complexity index is 333. The first-order valence-corrected chi connectivity index (χ1v) is 7.72. The second kappa shape index (κ2) is 3.68. The number of nitrogens with zero attached hydrogens (tertiary/aromatic N) is 1. The van der Waals surface area contributed by atoms with Gasteiger partial charge in [-0.15, -0.1) is 0 Å². The second-order valence-corrected chi connectivity index (χ2v) is 8.35. The molecular formula is C10H10BrNS. The highest BCUT2D eigenvalue weighted by Gasteiger charge is 2.17. The van der Waals surface area contributed by atoms with Crippen LogP contribution in [0.5, 0.6) is 0 Å². The van der Waals surface area contributed by atoms with Crippen molar-refractivity contribution in [3.8, 4) is 0 Å². The van der Waals surface area contributed by atoms with Crippen molar-refractivity contribution in [2.45, 2.75) is 5.75 Å². The largest absolute Gasteiger partial charge is 0.231 e. The Morgan fingerprint density at radius 1 is 1.23 bits per heavy atom. The van der Waals surface area contributed by atoms with Gasteiger partial charge in [0.1, 0.15) is 0 Å². The van der Waals surface area contributed by atoms with E-state index in [1.54, 1.807) is 0 Å². The van der Waals surface area contributed by atoms with Crippen LogP contribution >= 0.6 is 23.5 Å². The van der Waals surface area contributed by atoms with E-state index in [2.05, 4.69) is 48.9 Å². The van der Waals surface area contributed by atoms with Crippen molar-refractivity contribution >= 4 is 29.7 Å². The Kier molecular flexibility index (Phi) is 2.56. The normalized spacial score (nSPS) is 30.2. The topological polar surface area (TPSA) is 12.4 Å². The number of hydrogen-bond donors (Lipinski definition) is 0. The van der Waals surface area contributed by atoms with Crippen LogP contribution < -0.4 is 0 Å². The summed E-state index contributed by atoms with van der Waals surface area (Å²) >= 11 is 3.68. The predicted octanol–water partition coefficient (Wildman–Crippen LogP) is 3.81. The standard InChI is InChI=1S/C10H10BrNS/c11-13(8-4-7-12-13)9-10-5-2-1-3-6-10/h1-8H,9H2. The summed E-state index contributed by atoms with van der Waals surface area (Å²) in [5.74, 6) is 0.987. The Balaban J connectivity index is 2.15. The Morgan fingerprint density at radius 3 is 2.62 bits per heavy atom. The van der Waals surface area contributed by atoms with Gasteiger partial charge in [0.15, 0.2) is 0 Å². The van der Waals surface area contributed by atoms with Crippen LogP contribution in [0.1, 0.15) is 5.56 Å². The van der Waals surface area contributed by atoms with Crippen LogP contribution in [-0.2, 0) is 5.75 Å². The lowest BCUT2D eigenvalue weighted by Gasteiger charge is -2.21. The minimum Gasteiger partial charge on any atom is -0.231 e. The monoisotopic (exact) mass is 255 g/mol. The van der Waals surface area contributed by atoms with E-state index >= 15 is 0 Å². The van der Waals surface area contributed by atoms with E-state index in [0.29, 0.717) is 0 Å². The summed E-state index contributed by atoms with van der Waals surface area (Å²) in [7, 11) is -1.06. The molecule has 0 amide bonds. The summed E-state index contributed by atoms with van der Waals surface area (Å²) in [6.07, 6.45) is 3.88. The zero-order valence-corrected chi connectivity index (χ0v) is 9.46. The molecule has 0 fully saturated rings. The molecule has 0 aliphatic carbocycles. The third-order valence-corrected chi connectivity index (χ3v) is 5.44. The van der Waals surface area contributed by atoms with Crippen molar-refractivity contribution in [3.63, 3.8) is 0 Å². The van der Waals surface area contributed by atoms with Gasteiger partial charge in [-0.2, -0.15) is 0 Å². The van der Waals surface area contributed by atoms with Gasteiger partial charge in [0, 0.05) is 12.0 Å². The van der Waals surface area contributed by atoms with E-state index in [4.69, 9.17) is 0 Å². The van der Waals surface area contributed by atoms with Gasteiger partial charge in [0.2, 0.25) is 0 Å². The average molecular weight is 256 g/mol. The van der Waals surface area contributed by atoms with Crippen LogP contribution in [0.3, 0.4) is 0 Å². The van der Waals surface area contributed by atoms with Gasteiger partial charge in [0.05, 0.1) is 0 Å². The summed E-state index contributed by atoms with van der Waals surface area (Å²) in [4.78, 5) is 0. The molecule has 2 rings (SSSR count). The summed E-state index contributed by atoms with van der Waals surface area (Å²) in [6.45, 7) is 0. The van der Waals surface area contributed by atoms with Crippen molar-refractivity contribution in [3.05, 3.63) is 47.4 Å². The number of hydrogen-bond acceptors (Lipinski definition) is 1. The summed E-state index contributed by atoms with van der Waals surface area (Å²) in [5.41, 5.74) is 1.33. The van der Waals surface area contributed by atoms with E-state index in [1.165, 1.54) is 5.56 Å². The summed E-state index contributed by atoms with van der Waals surface area (Å²) in [5, 5.41) is 2.15. The number of allylic oxidation sites excluding steroid dienone is 1. The molecule has 1 nitrogen and oxygen atoms in total. The highest BCUT2D eigenvalue weighted by atomic mass is 79.9. The van der Waals surface area contributed by atoms with Crippen LogP contribution in [0.2, 0.25) is 0 Å². The van der Waals surface area contributed by atoms with Gasteiger partial charge in [0.25, 0.3) is 0 Å². The molecule has 1 aliphatic heterocycles. The third-order valence-electron chi connectivity index (χ3n) is 1.82. The van der Waals surface area contributed by atoms with E-state index in [0.717, 1.165) is 5.75 Å². The van der Waals surface area contributed by atoms with Crippen molar-refractivity contribution in [1.29, 1.82) is 0 Å². The van der Waals surface area contributed by atoms with Gasteiger partial charge in [-0.3, -0.25) is 0 Å². The smallest absolute Gasteiger partial charge is 0.0350 e. The average Bonchev–Trinajstić information content (AvgIpc) is 2.54. The number of halogens is 1. The fourth-order valence-corrected chi connectivity index (χ4v) is 4.16. The molecule has 68 valence electrons. The fraction of sp³-hybridized carbons (Fsp3) is 0.100. The van der Waals surface area contributed by atoms with Crippen molar-refractivity contribution in [1.82, 2.24) is 0 Å². The third kappa shape index (κ3) is 2.23. The number of benzene rings is 1. The molecule has 0 bridgehead atoms. The van der Waals surface area contributed by atoms with Crippen LogP contribution in [-0.4, -0.2) is 6.21 Å². The maximum absolute atomic E-state index is 4.43. The molecular weight excluding hydrogens is 246 g/mol. The molecule has 1 heterocycles. The Morgan fingerprint density at radius 2 is 2.00 bits per heavy atom. The van der Waals surface area contributed by atoms with E-state index in [-0.39, 0.29) is 0 Å². The first-order chi connectivity index (χ1) is 6.29. The van der Waals surface area contributed by atoms with Gasteiger partial charge < -0.3 is 0 Å². The summed E-state index contributed by atoms with van der Waals surface area (Å²) < 4.78 is 4.43. The molecule has 1 unspecified atom stereocenters. The second-order valence-electron chi connectivity index (χ2n) is 2.88. The van der Waals surface area contributed by atoms with Gasteiger partial charge in [-0.25, -0.2) is 4.40 Å². The van der Waals surface area contributed by atoms with Gasteiger partial charge in [-0.05, 0) is 31.9 Å². The van der Waals surface area contributed by atoms with Crippen molar-refractivity contribution in [2.75, 3.05) is 0 Å². The molecule has 0 N–H and O–H groups in total. The van der Waals surface area contributed by atoms with Crippen LogP contribution in [0.4, 0.5) is 0 Å². The first kappa shape index (κ1) is 9.03. The maximum Gasteiger partial charge on any atom is 0.0350 e. The minimum absolute atomic E-state index is 0.987. The molecule has 1 aliphatic rings. The molecule has 0 saturated carbocycles. The first-order valence-electron chi connectivity index (χ1n) is 4.05. The Labute approximate surface area is 87.2 Å². The van der Waals surface area contributed by atoms with Crippen LogP contribution in [0, 0.1) is 0 Å². The zero-order chi connectivity index (χ0) is 9.15. The molecule has 13 heavy (non-hydrogen) atoms. The molecule has 1 aromatic carbocycles. The van der Waals surface area contributed by atoms with Crippen molar-refractivity contribution in [2.24, 2.45) is 4.40 Å². The van der Waals surface area contributed by atoms with Crippen LogP contribution in [0.15, 0.2) is 46.2 Å². The fourth-order valence-electron chi connectivity index (χ4n) is 1.22. The maximum atomic E-state index is 4.43. The van der Waals surface area contributed by atoms with Crippen molar-refractivity contribution < 1.29 is 0 Å². The van der Waals surface area contributed by atoms with Gasteiger partial charge in [-0.1, -0.05) is 39.0 Å². The lowest BCUT2D eigenvalue weighted by Crippen LogP contribution is -1.87. The Hall–Kier alpha value is -0.540. The molecule has 1 aromatic rings. The molecule has 0 spiro atoms. The molecule has 0 radical (unpaired) electrons. The summed E-state index contributed by atoms with van der Waals surface area (Å²) in [6, 6.07) is 10.4. The highest BCUT2D eigenvalue weighted by Crippen LogP contribution is 2.62. The molecule has 1 atom stereocenters. The lowest BCUT2D eigenvalue weighted by atomic mass is 10.2. The zero-order valence-electron chi connectivity index (χ0n) is 7.06. The minimum atomic E-state index is -1.06. The van der Waals surface area contributed by atoms with Crippen LogP contribution in [0.25, 0.3) is 0 Å². The number of rotatable bonds is 2. The quantitative estimate of drug-likeness (QED) is 0.762. The van der Waals surface area contributed by atoms with E-state index < -0.39 is 8.65 Å². The highest BCUT2D eigenvalue weighted by molar-refractivity contribution is 9.58. The SMILES string of the molecule is BrS1(Cc2ccccc2)C=CC=N1. The van der Waals surface area contributed by atoms with E-state index in [9.17, 15) is 0 Å².